The van der Waals surface area contributed by atoms with Crippen LogP contribution in [-0.2, 0) is 14.3 Å². The SMILES string of the molecule is CCCCCOC(C)(C)OC(=O)CCC. The summed E-state index contributed by atoms with van der Waals surface area (Å²) in [5.74, 6) is -0.960. The molecule has 0 amide bonds. The van der Waals surface area contributed by atoms with E-state index in [2.05, 4.69) is 6.92 Å². The highest BCUT2D eigenvalue weighted by Gasteiger charge is 2.22. The Morgan fingerprint density at radius 1 is 1.13 bits per heavy atom. The summed E-state index contributed by atoms with van der Waals surface area (Å²) in [5.41, 5.74) is 0. The number of rotatable bonds is 8. The van der Waals surface area contributed by atoms with Gasteiger partial charge in [0.05, 0.1) is 6.61 Å². The van der Waals surface area contributed by atoms with Crippen molar-refractivity contribution in [2.24, 2.45) is 0 Å². The molecule has 0 aliphatic carbocycles. The Morgan fingerprint density at radius 3 is 2.33 bits per heavy atom. The van der Waals surface area contributed by atoms with E-state index in [0.29, 0.717) is 13.0 Å². The lowest BCUT2D eigenvalue weighted by molar-refractivity contribution is -0.215. The Hall–Kier alpha value is -0.570. The molecule has 0 heterocycles. The molecular weight excluding hydrogens is 192 g/mol. The Kier molecular flexibility index (Phi) is 7.39. The van der Waals surface area contributed by atoms with Crippen LogP contribution in [0.15, 0.2) is 0 Å². The number of carbonyl (C=O) groups is 1. The van der Waals surface area contributed by atoms with E-state index in [9.17, 15) is 4.79 Å². The van der Waals surface area contributed by atoms with E-state index in [1.54, 1.807) is 13.8 Å². The minimum absolute atomic E-state index is 0.182. The van der Waals surface area contributed by atoms with E-state index in [1.807, 2.05) is 6.92 Å². The fourth-order valence-electron chi connectivity index (χ4n) is 1.23. The van der Waals surface area contributed by atoms with Gasteiger partial charge >= 0.3 is 5.97 Å². The molecule has 0 aliphatic heterocycles. The molecule has 0 rings (SSSR count). The lowest BCUT2D eigenvalue weighted by Gasteiger charge is -2.25. The topological polar surface area (TPSA) is 35.5 Å². The molecule has 0 aromatic carbocycles. The van der Waals surface area contributed by atoms with Crippen LogP contribution in [0.3, 0.4) is 0 Å². The first-order valence-corrected chi connectivity index (χ1v) is 5.87. The Balaban J connectivity index is 3.70. The molecule has 0 aromatic heterocycles. The fourth-order valence-corrected chi connectivity index (χ4v) is 1.23. The number of unbranched alkanes of at least 4 members (excludes halogenated alkanes) is 2. The zero-order valence-corrected chi connectivity index (χ0v) is 10.5. The Labute approximate surface area is 93.1 Å². The highest BCUT2D eigenvalue weighted by atomic mass is 16.7. The van der Waals surface area contributed by atoms with Crippen LogP contribution in [-0.4, -0.2) is 18.4 Å². The largest absolute Gasteiger partial charge is 0.434 e. The van der Waals surface area contributed by atoms with Crippen molar-refractivity contribution in [3.05, 3.63) is 0 Å². The molecule has 3 heteroatoms. The molecule has 0 atom stereocenters. The molecule has 0 spiro atoms. The van der Waals surface area contributed by atoms with Crippen molar-refractivity contribution in [2.45, 2.75) is 65.6 Å². The van der Waals surface area contributed by atoms with Gasteiger partial charge in [0.1, 0.15) is 0 Å². The first-order chi connectivity index (χ1) is 7.02. The lowest BCUT2D eigenvalue weighted by Crippen LogP contribution is -2.31. The molecule has 3 nitrogen and oxygen atoms in total. The van der Waals surface area contributed by atoms with Gasteiger partial charge in [-0.1, -0.05) is 26.7 Å². The van der Waals surface area contributed by atoms with Gasteiger partial charge in [0.15, 0.2) is 0 Å². The van der Waals surface area contributed by atoms with Gasteiger partial charge in [-0.25, -0.2) is 0 Å². The zero-order chi connectivity index (χ0) is 11.7. The first kappa shape index (κ1) is 14.4. The molecular formula is C12H24O3. The summed E-state index contributed by atoms with van der Waals surface area (Å²) in [7, 11) is 0. The van der Waals surface area contributed by atoms with Crippen LogP contribution in [0.5, 0.6) is 0 Å². The minimum Gasteiger partial charge on any atom is -0.434 e. The summed E-state index contributed by atoms with van der Waals surface area (Å²) in [6.07, 6.45) is 4.61. The van der Waals surface area contributed by atoms with Gasteiger partial charge in [-0.05, 0) is 12.8 Å². The molecule has 15 heavy (non-hydrogen) atoms. The number of hydrogen-bond acceptors (Lipinski definition) is 3. The summed E-state index contributed by atoms with van der Waals surface area (Å²) >= 11 is 0. The zero-order valence-electron chi connectivity index (χ0n) is 10.5. The van der Waals surface area contributed by atoms with Crippen LogP contribution in [0.4, 0.5) is 0 Å². The molecule has 0 aromatic rings. The predicted octanol–water partition coefficient (Wildman–Crippen LogP) is 3.27. The molecule has 0 fully saturated rings. The van der Waals surface area contributed by atoms with Gasteiger partial charge in [0.2, 0.25) is 5.79 Å². The molecule has 0 radical (unpaired) electrons. The van der Waals surface area contributed by atoms with E-state index in [1.165, 1.54) is 6.42 Å². The van der Waals surface area contributed by atoms with Crippen molar-refractivity contribution in [1.82, 2.24) is 0 Å². The third kappa shape index (κ3) is 8.43. The van der Waals surface area contributed by atoms with Gasteiger partial charge in [-0.15, -0.1) is 0 Å². The van der Waals surface area contributed by atoms with Crippen molar-refractivity contribution < 1.29 is 14.3 Å². The number of esters is 1. The Bertz CT molecular complexity index is 176. The maximum atomic E-state index is 11.2. The third-order valence-electron chi connectivity index (χ3n) is 2.01. The summed E-state index contributed by atoms with van der Waals surface area (Å²) in [5, 5.41) is 0. The molecule has 0 saturated heterocycles. The van der Waals surface area contributed by atoms with E-state index in [4.69, 9.17) is 9.47 Å². The average Bonchev–Trinajstić information content (AvgIpc) is 2.12. The quantitative estimate of drug-likeness (QED) is 0.355. The fraction of sp³-hybridized carbons (Fsp3) is 0.917. The smallest absolute Gasteiger partial charge is 0.308 e. The minimum atomic E-state index is -0.778. The highest BCUT2D eigenvalue weighted by molar-refractivity contribution is 5.69. The van der Waals surface area contributed by atoms with Crippen LogP contribution in [0.2, 0.25) is 0 Å². The molecule has 0 aliphatic rings. The maximum absolute atomic E-state index is 11.2. The van der Waals surface area contributed by atoms with E-state index >= 15 is 0 Å². The molecule has 0 bridgehead atoms. The van der Waals surface area contributed by atoms with Crippen molar-refractivity contribution in [3.8, 4) is 0 Å². The summed E-state index contributed by atoms with van der Waals surface area (Å²) < 4.78 is 10.7. The number of carbonyl (C=O) groups excluding carboxylic acids is 1. The van der Waals surface area contributed by atoms with Crippen molar-refractivity contribution in [1.29, 1.82) is 0 Å². The maximum Gasteiger partial charge on any atom is 0.308 e. The van der Waals surface area contributed by atoms with E-state index in [0.717, 1.165) is 19.3 Å². The van der Waals surface area contributed by atoms with Crippen LogP contribution in [0.1, 0.15) is 59.8 Å². The van der Waals surface area contributed by atoms with Gasteiger partial charge in [-0.3, -0.25) is 4.79 Å². The standard InChI is InChI=1S/C12H24O3/c1-5-7-8-10-14-12(3,4)15-11(13)9-6-2/h5-10H2,1-4H3. The highest BCUT2D eigenvalue weighted by Crippen LogP contribution is 2.13. The second-order valence-corrected chi connectivity index (χ2v) is 4.18. The van der Waals surface area contributed by atoms with Gasteiger partial charge in [-0.2, -0.15) is 0 Å². The van der Waals surface area contributed by atoms with Crippen molar-refractivity contribution in [3.63, 3.8) is 0 Å². The second-order valence-electron chi connectivity index (χ2n) is 4.18. The van der Waals surface area contributed by atoms with Crippen LogP contribution in [0, 0.1) is 0 Å². The molecule has 0 saturated carbocycles. The predicted molar refractivity (Wildman–Crippen MR) is 60.6 cm³/mol. The summed E-state index contributed by atoms with van der Waals surface area (Å²) in [4.78, 5) is 11.2. The van der Waals surface area contributed by atoms with E-state index < -0.39 is 5.79 Å². The first-order valence-electron chi connectivity index (χ1n) is 5.87. The normalized spacial score (nSPS) is 11.5. The van der Waals surface area contributed by atoms with E-state index in [-0.39, 0.29) is 5.97 Å². The molecule has 90 valence electrons. The van der Waals surface area contributed by atoms with Crippen LogP contribution in [0.25, 0.3) is 0 Å². The number of hydrogen-bond donors (Lipinski definition) is 0. The van der Waals surface area contributed by atoms with Gasteiger partial charge in [0.25, 0.3) is 0 Å². The number of ether oxygens (including phenoxy) is 2. The van der Waals surface area contributed by atoms with Crippen molar-refractivity contribution >= 4 is 5.97 Å². The average molecular weight is 216 g/mol. The monoisotopic (exact) mass is 216 g/mol. The molecule has 0 N–H and O–H groups in total. The lowest BCUT2D eigenvalue weighted by atomic mass is 10.2. The van der Waals surface area contributed by atoms with Gasteiger partial charge in [0, 0.05) is 20.3 Å². The summed E-state index contributed by atoms with van der Waals surface area (Å²) in [6, 6.07) is 0. The summed E-state index contributed by atoms with van der Waals surface area (Å²) in [6.45, 7) is 8.32. The molecule has 0 unspecified atom stereocenters. The Morgan fingerprint density at radius 2 is 1.80 bits per heavy atom. The van der Waals surface area contributed by atoms with Crippen molar-refractivity contribution in [2.75, 3.05) is 6.61 Å². The van der Waals surface area contributed by atoms with Crippen LogP contribution >= 0.6 is 0 Å². The van der Waals surface area contributed by atoms with Crippen LogP contribution < -0.4 is 0 Å². The third-order valence-corrected chi connectivity index (χ3v) is 2.01. The van der Waals surface area contributed by atoms with Gasteiger partial charge < -0.3 is 9.47 Å². The second kappa shape index (κ2) is 7.69.